The topological polar surface area (TPSA) is 38.0 Å². The molecule has 1 unspecified atom stereocenters. The van der Waals surface area contributed by atoms with Gasteiger partial charge in [-0.05, 0) is 29.2 Å². The van der Waals surface area contributed by atoms with Gasteiger partial charge in [-0.1, -0.05) is 78.9 Å². The molecular weight excluding hydrogens is 351 g/mol. The summed E-state index contributed by atoms with van der Waals surface area (Å²) in [5.41, 5.74) is 10.7. The molecule has 0 fully saturated rings. The van der Waals surface area contributed by atoms with Gasteiger partial charge >= 0.3 is 0 Å². The van der Waals surface area contributed by atoms with E-state index in [0.717, 1.165) is 18.7 Å². The van der Waals surface area contributed by atoms with Gasteiger partial charge in [-0.3, -0.25) is 0 Å². The van der Waals surface area contributed by atoms with Crippen LogP contribution >= 0.6 is 24.8 Å². The minimum absolute atomic E-state index is 0. The van der Waals surface area contributed by atoms with E-state index in [-0.39, 0.29) is 30.9 Å². The number of nitrogens with two attached hydrogens (primary N) is 1. The molecule has 0 radical (unpaired) electrons. The largest absolute Gasteiger partial charge is 0.399 e. The Balaban J connectivity index is 0.00000156. The van der Waals surface area contributed by atoms with E-state index in [0.29, 0.717) is 0 Å². The van der Waals surface area contributed by atoms with Crippen LogP contribution in [0.3, 0.4) is 0 Å². The van der Waals surface area contributed by atoms with E-state index in [1.807, 2.05) is 24.3 Å². The number of anilines is 1. The summed E-state index contributed by atoms with van der Waals surface area (Å²) in [7, 11) is 0. The van der Waals surface area contributed by atoms with Crippen LogP contribution in [0.25, 0.3) is 0 Å². The van der Waals surface area contributed by atoms with E-state index in [1.165, 1.54) is 16.7 Å². The number of nitrogens with one attached hydrogen (secondary N) is 1. The highest BCUT2D eigenvalue weighted by molar-refractivity contribution is 5.85. The minimum atomic E-state index is 0. The molecular formula is C21H24Cl2N2. The Hall–Kier alpha value is -2.00. The quantitative estimate of drug-likeness (QED) is 0.582. The summed E-state index contributed by atoms with van der Waals surface area (Å²) in [5.74, 6) is 0. The molecule has 3 N–H and O–H groups in total. The molecule has 1 atom stereocenters. The average molecular weight is 375 g/mol. The zero-order chi connectivity index (χ0) is 15.9. The third-order valence-corrected chi connectivity index (χ3v) is 4.08. The van der Waals surface area contributed by atoms with Gasteiger partial charge in [0.2, 0.25) is 0 Å². The van der Waals surface area contributed by atoms with Crippen molar-refractivity contribution >= 4 is 30.5 Å². The first-order valence-electron chi connectivity index (χ1n) is 7.98. The third-order valence-electron chi connectivity index (χ3n) is 4.08. The van der Waals surface area contributed by atoms with E-state index in [4.69, 9.17) is 5.73 Å². The Morgan fingerprint density at radius 2 is 1.28 bits per heavy atom. The van der Waals surface area contributed by atoms with Gasteiger partial charge in [-0.25, -0.2) is 0 Å². The van der Waals surface area contributed by atoms with Gasteiger partial charge in [-0.2, -0.15) is 0 Å². The molecule has 3 aromatic carbocycles. The van der Waals surface area contributed by atoms with Crippen LogP contribution < -0.4 is 11.1 Å². The van der Waals surface area contributed by atoms with Gasteiger partial charge in [0.15, 0.2) is 0 Å². The predicted molar refractivity (Wildman–Crippen MR) is 112 cm³/mol. The van der Waals surface area contributed by atoms with Gasteiger partial charge in [0.25, 0.3) is 0 Å². The standard InChI is InChI=1S/C21H22N2.2ClH/c22-20-14-8-7-13-19(20)15-21(18-11-5-2-6-12-18)23-16-17-9-3-1-4-10-17;;/h1-14,21,23H,15-16,22H2;2*1H. The van der Waals surface area contributed by atoms with Gasteiger partial charge < -0.3 is 11.1 Å². The number of benzene rings is 3. The zero-order valence-corrected chi connectivity index (χ0v) is 15.6. The molecule has 0 aliphatic heterocycles. The summed E-state index contributed by atoms with van der Waals surface area (Å²) < 4.78 is 0. The Morgan fingerprint density at radius 3 is 1.92 bits per heavy atom. The molecule has 0 bridgehead atoms. The molecule has 0 aliphatic carbocycles. The number of rotatable bonds is 6. The second kappa shape index (κ2) is 10.8. The first-order chi connectivity index (χ1) is 11.3. The molecule has 3 aromatic rings. The van der Waals surface area contributed by atoms with Gasteiger partial charge in [-0.15, -0.1) is 24.8 Å². The Bertz CT molecular complexity index is 733. The summed E-state index contributed by atoms with van der Waals surface area (Å²) in [6, 6.07) is 29.4. The van der Waals surface area contributed by atoms with Gasteiger partial charge in [0.05, 0.1) is 0 Å². The van der Waals surface area contributed by atoms with Crippen molar-refractivity contribution in [3.63, 3.8) is 0 Å². The van der Waals surface area contributed by atoms with Crippen molar-refractivity contribution in [3.8, 4) is 0 Å². The number of hydrogen-bond donors (Lipinski definition) is 2. The molecule has 4 heteroatoms. The highest BCUT2D eigenvalue weighted by Crippen LogP contribution is 2.22. The van der Waals surface area contributed by atoms with Crippen molar-refractivity contribution in [3.05, 3.63) is 102 Å². The van der Waals surface area contributed by atoms with Crippen molar-refractivity contribution in [2.24, 2.45) is 0 Å². The average Bonchev–Trinajstić information content (AvgIpc) is 2.62. The zero-order valence-electron chi connectivity index (χ0n) is 14.0. The summed E-state index contributed by atoms with van der Waals surface area (Å²) in [4.78, 5) is 0. The van der Waals surface area contributed by atoms with Gasteiger partial charge in [0.1, 0.15) is 0 Å². The lowest BCUT2D eigenvalue weighted by Gasteiger charge is -2.20. The second-order valence-electron chi connectivity index (χ2n) is 5.73. The second-order valence-corrected chi connectivity index (χ2v) is 5.73. The minimum Gasteiger partial charge on any atom is -0.399 e. The van der Waals surface area contributed by atoms with Crippen molar-refractivity contribution in [2.75, 3.05) is 5.73 Å². The normalized spacial score (nSPS) is 11.0. The lowest BCUT2D eigenvalue weighted by molar-refractivity contribution is 0.531. The molecule has 0 saturated heterocycles. The molecule has 0 aromatic heterocycles. The number of hydrogen-bond acceptors (Lipinski definition) is 2. The number of para-hydroxylation sites is 1. The highest BCUT2D eigenvalue weighted by Gasteiger charge is 2.13. The SMILES string of the molecule is Cl.Cl.Nc1ccccc1CC(NCc1ccccc1)c1ccccc1. The molecule has 0 amide bonds. The van der Waals surface area contributed by atoms with Crippen molar-refractivity contribution in [1.29, 1.82) is 0 Å². The van der Waals surface area contributed by atoms with E-state index >= 15 is 0 Å². The monoisotopic (exact) mass is 374 g/mol. The third kappa shape index (κ3) is 6.09. The first kappa shape index (κ1) is 21.0. The molecule has 132 valence electrons. The van der Waals surface area contributed by atoms with Crippen LogP contribution in [0.4, 0.5) is 5.69 Å². The van der Waals surface area contributed by atoms with Crippen molar-refractivity contribution < 1.29 is 0 Å². The summed E-state index contributed by atoms with van der Waals surface area (Å²) >= 11 is 0. The molecule has 0 heterocycles. The number of halogens is 2. The van der Waals surface area contributed by atoms with Crippen LogP contribution in [0.15, 0.2) is 84.9 Å². The predicted octanol–water partition coefficient (Wildman–Crippen LogP) is 5.19. The van der Waals surface area contributed by atoms with Crippen molar-refractivity contribution in [2.45, 2.75) is 19.0 Å². The smallest absolute Gasteiger partial charge is 0.0364 e. The molecule has 25 heavy (non-hydrogen) atoms. The van der Waals surface area contributed by atoms with Crippen LogP contribution in [-0.4, -0.2) is 0 Å². The Kier molecular flexibility index (Phi) is 9.07. The van der Waals surface area contributed by atoms with Crippen LogP contribution in [0.1, 0.15) is 22.7 Å². The van der Waals surface area contributed by atoms with E-state index < -0.39 is 0 Å². The lowest BCUT2D eigenvalue weighted by atomic mass is 9.97. The van der Waals surface area contributed by atoms with Crippen molar-refractivity contribution in [1.82, 2.24) is 5.32 Å². The molecule has 0 saturated carbocycles. The van der Waals surface area contributed by atoms with Crippen LogP contribution in [0, 0.1) is 0 Å². The molecule has 0 spiro atoms. The molecule has 3 rings (SSSR count). The fourth-order valence-electron chi connectivity index (χ4n) is 2.77. The summed E-state index contributed by atoms with van der Waals surface area (Å²) in [5, 5.41) is 3.67. The summed E-state index contributed by atoms with van der Waals surface area (Å²) in [6.45, 7) is 0.840. The maximum Gasteiger partial charge on any atom is 0.0364 e. The van der Waals surface area contributed by atoms with E-state index in [1.54, 1.807) is 0 Å². The van der Waals surface area contributed by atoms with E-state index in [9.17, 15) is 0 Å². The number of nitrogen functional groups attached to an aromatic ring is 1. The first-order valence-corrected chi connectivity index (χ1v) is 7.98. The summed E-state index contributed by atoms with van der Waals surface area (Å²) in [6.07, 6.45) is 0.878. The fraction of sp³-hybridized carbons (Fsp3) is 0.143. The van der Waals surface area contributed by atoms with Crippen LogP contribution in [0.5, 0.6) is 0 Å². The maximum absolute atomic E-state index is 6.13. The lowest BCUT2D eigenvalue weighted by Crippen LogP contribution is -2.23. The van der Waals surface area contributed by atoms with E-state index in [2.05, 4.69) is 66.0 Å². The highest BCUT2D eigenvalue weighted by atomic mass is 35.5. The Labute approximate surface area is 162 Å². The molecule has 0 aliphatic rings. The maximum atomic E-state index is 6.13. The molecule has 2 nitrogen and oxygen atoms in total. The Morgan fingerprint density at radius 1 is 0.720 bits per heavy atom. The van der Waals surface area contributed by atoms with Gasteiger partial charge in [0, 0.05) is 18.3 Å². The fourth-order valence-corrected chi connectivity index (χ4v) is 2.77. The van der Waals surface area contributed by atoms with Crippen LogP contribution in [-0.2, 0) is 13.0 Å². The van der Waals surface area contributed by atoms with Crippen LogP contribution in [0.2, 0.25) is 0 Å².